The van der Waals surface area contributed by atoms with Crippen molar-refractivity contribution >= 4 is 0 Å². The molecule has 1 aromatic heterocycles. The maximum absolute atomic E-state index is 4.15. The summed E-state index contributed by atoms with van der Waals surface area (Å²) in [6, 6.07) is 9.06. The van der Waals surface area contributed by atoms with Gasteiger partial charge in [0.1, 0.15) is 12.2 Å². The van der Waals surface area contributed by atoms with Crippen LogP contribution in [0.3, 0.4) is 0 Å². The molecule has 1 atom stereocenters. The molecular weight excluding hydrogens is 224 g/mol. The van der Waals surface area contributed by atoms with Crippen LogP contribution in [0.1, 0.15) is 36.8 Å². The van der Waals surface area contributed by atoms with Gasteiger partial charge in [-0.05, 0) is 23.0 Å². The summed E-state index contributed by atoms with van der Waals surface area (Å²) in [5.41, 5.74) is 3.11. The molecule has 0 amide bonds. The second-order valence-corrected chi connectivity index (χ2v) is 5.61. The van der Waals surface area contributed by atoms with Gasteiger partial charge in [-0.3, -0.25) is 5.10 Å². The smallest absolute Gasteiger partial charge is 0.138 e. The van der Waals surface area contributed by atoms with Gasteiger partial charge < -0.3 is 5.32 Å². The summed E-state index contributed by atoms with van der Waals surface area (Å²) in [7, 11) is 0. The van der Waals surface area contributed by atoms with Crippen molar-refractivity contribution in [3.63, 3.8) is 0 Å². The van der Waals surface area contributed by atoms with Crippen LogP contribution in [0.15, 0.2) is 30.6 Å². The highest BCUT2D eigenvalue weighted by Crippen LogP contribution is 2.44. The van der Waals surface area contributed by atoms with Crippen LogP contribution in [-0.2, 0) is 13.0 Å². The molecule has 0 bridgehead atoms. The number of rotatable bonds is 3. The molecule has 4 heteroatoms. The van der Waals surface area contributed by atoms with Crippen LogP contribution in [0.25, 0.3) is 0 Å². The zero-order valence-corrected chi connectivity index (χ0v) is 10.8. The summed E-state index contributed by atoms with van der Waals surface area (Å²) in [6.07, 6.45) is 2.67. The molecule has 0 aliphatic heterocycles. The van der Waals surface area contributed by atoms with E-state index >= 15 is 0 Å². The molecule has 0 spiro atoms. The molecule has 1 heterocycles. The SMILES string of the molecule is CC1(C)Cc2ccccc2C1NCc1ncn[nH]1. The molecule has 0 fully saturated rings. The van der Waals surface area contributed by atoms with E-state index in [0.29, 0.717) is 6.04 Å². The molecular formula is C14H18N4. The third-order valence-corrected chi connectivity index (χ3v) is 3.73. The van der Waals surface area contributed by atoms with Gasteiger partial charge in [0.25, 0.3) is 0 Å². The van der Waals surface area contributed by atoms with E-state index in [1.807, 2.05) is 0 Å². The molecule has 18 heavy (non-hydrogen) atoms. The van der Waals surface area contributed by atoms with Gasteiger partial charge in [-0.2, -0.15) is 5.10 Å². The summed E-state index contributed by atoms with van der Waals surface area (Å²) in [5, 5.41) is 10.4. The van der Waals surface area contributed by atoms with Crippen LogP contribution in [0.2, 0.25) is 0 Å². The van der Waals surface area contributed by atoms with Crippen molar-refractivity contribution in [2.75, 3.05) is 0 Å². The summed E-state index contributed by atoms with van der Waals surface area (Å²) in [6.45, 7) is 5.35. The molecule has 3 rings (SSSR count). The molecule has 4 nitrogen and oxygen atoms in total. The third-order valence-electron chi connectivity index (χ3n) is 3.73. The third kappa shape index (κ3) is 1.93. The maximum Gasteiger partial charge on any atom is 0.138 e. The molecule has 2 aromatic rings. The Morgan fingerprint density at radius 2 is 2.22 bits per heavy atom. The van der Waals surface area contributed by atoms with Gasteiger partial charge in [0, 0.05) is 6.04 Å². The van der Waals surface area contributed by atoms with E-state index in [2.05, 4.69) is 58.6 Å². The van der Waals surface area contributed by atoms with Gasteiger partial charge in [0.15, 0.2) is 0 Å². The van der Waals surface area contributed by atoms with Gasteiger partial charge in [-0.15, -0.1) is 0 Å². The Hall–Kier alpha value is -1.68. The molecule has 0 saturated heterocycles. The van der Waals surface area contributed by atoms with E-state index in [1.54, 1.807) is 6.33 Å². The Morgan fingerprint density at radius 3 is 3.00 bits per heavy atom. The average molecular weight is 242 g/mol. The van der Waals surface area contributed by atoms with E-state index in [1.165, 1.54) is 11.1 Å². The quantitative estimate of drug-likeness (QED) is 0.867. The Kier molecular flexibility index (Phi) is 2.67. The van der Waals surface area contributed by atoms with Crippen molar-refractivity contribution in [1.82, 2.24) is 20.5 Å². The van der Waals surface area contributed by atoms with Crippen LogP contribution in [-0.4, -0.2) is 15.2 Å². The Morgan fingerprint density at radius 1 is 1.39 bits per heavy atom. The van der Waals surface area contributed by atoms with Crippen LogP contribution in [0, 0.1) is 5.41 Å². The molecule has 1 aliphatic rings. The fourth-order valence-corrected chi connectivity index (χ4v) is 2.89. The molecule has 0 saturated carbocycles. The van der Waals surface area contributed by atoms with Crippen LogP contribution < -0.4 is 5.32 Å². The Balaban J connectivity index is 1.81. The largest absolute Gasteiger partial charge is 0.302 e. The van der Waals surface area contributed by atoms with E-state index in [9.17, 15) is 0 Å². The van der Waals surface area contributed by atoms with Crippen molar-refractivity contribution in [2.24, 2.45) is 5.41 Å². The summed E-state index contributed by atoms with van der Waals surface area (Å²) in [5.74, 6) is 0.884. The van der Waals surface area contributed by atoms with E-state index in [0.717, 1.165) is 18.8 Å². The predicted octanol–water partition coefficient (Wildman–Crippen LogP) is 2.22. The highest BCUT2D eigenvalue weighted by Gasteiger charge is 2.38. The van der Waals surface area contributed by atoms with E-state index in [-0.39, 0.29) is 5.41 Å². The number of nitrogens with zero attached hydrogens (tertiary/aromatic N) is 2. The van der Waals surface area contributed by atoms with Crippen molar-refractivity contribution in [2.45, 2.75) is 32.9 Å². The number of benzene rings is 1. The van der Waals surface area contributed by atoms with Gasteiger partial charge in [0.05, 0.1) is 6.54 Å². The van der Waals surface area contributed by atoms with Gasteiger partial charge >= 0.3 is 0 Å². The molecule has 2 N–H and O–H groups in total. The average Bonchev–Trinajstić information content (AvgIpc) is 2.91. The molecule has 0 radical (unpaired) electrons. The number of aromatic amines is 1. The lowest BCUT2D eigenvalue weighted by Gasteiger charge is -2.28. The number of fused-ring (bicyclic) bond motifs is 1. The number of nitrogens with one attached hydrogen (secondary N) is 2. The minimum atomic E-state index is 0.240. The van der Waals surface area contributed by atoms with Gasteiger partial charge in [-0.25, -0.2) is 4.98 Å². The van der Waals surface area contributed by atoms with Crippen LogP contribution >= 0.6 is 0 Å². The molecule has 1 unspecified atom stereocenters. The first kappa shape index (κ1) is 11.4. The Labute approximate surface area is 107 Å². The molecule has 1 aromatic carbocycles. The lowest BCUT2D eigenvalue weighted by molar-refractivity contribution is 0.266. The van der Waals surface area contributed by atoms with Gasteiger partial charge in [0.2, 0.25) is 0 Å². The van der Waals surface area contributed by atoms with Gasteiger partial charge in [-0.1, -0.05) is 38.1 Å². The number of aromatic nitrogens is 3. The van der Waals surface area contributed by atoms with Crippen molar-refractivity contribution in [3.05, 3.63) is 47.5 Å². The number of H-pyrrole nitrogens is 1. The normalized spacial score (nSPS) is 20.9. The van der Waals surface area contributed by atoms with Crippen LogP contribution in [0.5, 0.6) is 0 Å². The van der Waals surface area contributed by atoms with E-state index < -0.39 is 0 Å². The molecule has 94 valence electrons. The number of hydrogen-bond acceptors (Lipinski definition) is 3. The Bertz CT molecular complexity index is 530. The first-order chi connectivity index (χ1) is 8.67. The fraction of sp³-hybridized carbons (Fsp3) is 0.429. The zero-order chi connectivity index (χ0) is 12.6. The van der Waals surface area contributed by atoms with E-state index in [4.69, 9.17) is 0 Å². The monoisotopic (exact) mass is 242 g/mol. The zero-order valence-electron chi connectivity index (χ0n) is 10.8. The maximum atomic E-state index is 4.15. The summed E-state index contributed by atoms with van der Waals surface area (Å²) in [4.78, 5) is 4.15. The minimum Gasteiger partial charge on any atom is -0.302 e. The molecule has 1 aliphatic carbocycles. The summed E-state index contributed by atoms with van der Waals surface area (Å²) < 4.78 is 0. The number of hydrogen-bond donors (Lipinski definition) is 2. The standard InChI is InChI=1S/C14H18N4/c1-14(2)7-10-5-3-4-6-11(10)13(14)15-8-12-16-9-17-18-12/h3-6,9,13,15H,7-8H2,1-2H3,(H,16,17,18). The first-order valence-corrected chi connectivity index (χ1v) is 6.32. The predicted molar refractivity (Wildman–Crippen MR) is 69.9 cm³/mol. The minimum absolute atomic E-state index is 0.240. The van der Waals surface area contributed by atoms with Crippen LogP contribution in [0.4, 0.5) is 0 Å². The highest BCUT2D eigenvalue weighted by molar-refractivity contribution is 5.37. The summed E-state index contributed by atoms with van der Waals surface area (Å²) >= 11 is 0. The highest BCUT2D eigenvalue weighted by atomic mass is 15.2. The second kappa shape index (κ2) is 4.21. The first-order valence-electron chi connectivity index (χ1n) is 6.32. The fourth-order valence-electron chi connectivity index (χ4n) is 2.89. The second-order valence-electron chi connectivity index (χ2n) is 5.61. The van der Waals surface area contributed by atoms with Crippen molar-refractivity contribution in [1.29, 1.82) is 0 Å². The van der Waals surface area contributed by atoms with Crippen molar-refractivity contribution in [3.8, 4) is 0 Å². The lowest BCUT2D eigenvalue weighted by atomic mass is 9.85. The van der Waals surface area contributed by atoms with Crippen molar-refractivity contribution < 1.29 is 0 Å². The lowest BCUT2D eigenvalue weighted by Crippen LogP contribution is -2.31. The topological polar surface area (TPSA) is 53.6 Å².